The lowest BCUT2D eigenvalue weighted by Gasteiger charge is -2.29. The van der Waals surface area contributed by atoms with Gasteiger partial charge in [-0.2, -0.15) is 5.26 Å². The predicted octanol–water partition coefficient (Wildman–Crippen LogP) is 2.60. The molecule has 0 saturated carbocycles. The van der Waals surface area contributed by atoms with Crippen molar-refractivity contribution in [3.8, 4) is 11.9 Å². The maximum absolute atomic E-state index is 14.4. The Morgan fingerprint density at radius 1 is 1.43 bits per heavy atom. The highest BCUT2D eigenvalue weighted by atomic mass is 19.1. The number of rotatable bonds is 4. The minimum atomic E-state index is -0.841. The Labute approximate surface area is 161 Å². The molecule has 1 amide bonds. The number of carbonyl (C=O) groups is 1. The van der Waals surface area contributed by atoms with Gasteiger partial charge in [0.05, 0.1) is 31.6 Å². The number of methoxy groups -OCH3 is 1. The van der Waals surface area contributed by atoms with Crippen LogP contribution in [0.2, 0.25) is 0 Å². The van der Waals surface area contributed by atoms with Gasteiger partial charge in [0.15, 0.2) is 0 Å². The van der Waals surface area contributed by atoms with Crippen LogP contribution in [0.15, 0.2) is 35.6 Å². The zero-order chi connectivity index (χ0) is 20.3. The van der Waals surface area contributed by atoms with Crippen molar-refractivity contribution in [3.63, 3.8) is 0 Å². The van der Waals surface area contributed by atoms with Crippen molar-refractivity contribution in [2.24, 2.45) is 16.1 Å². The summed E-state index contributed by atoms with van der Waals surface area (Å²) in [4.78, 5) is 24.5. The van der Waals surface area contributed by atoms with E-state index < -0.39 is 23.2 Å². The average molecular weight is 382 g/mol. The van der Waals surface area contributed by atoms with Crippen LogP contribution in [0.4, 0.5) is 10.1 Å². The van der Waals surface area contributed by atoms with E-state index in [9.17, 15) is 14.4 Å². The normalized spacial score (nSPS) is 21.4. The summed E-state index contributed by atoms with van der Waals surface area (Å²) in [5.74, 6) is -0.466. The van der Waals surface area contributed by atoms with E-state index in [1.165, 1.54) is 37.7 Å². The Bertz CT molecular complexity index is 969. The second kappa shape index (κ2) is 7.60. The smallest absolute Gasteiger partial charge is 0.275 e. The van der Waals surface area contributed by atoms with E-state index in [-0.39, 0.29) is 17.4 Å². The molecule has 3 N–H and O–H groups in total. The maximum Gasteiger partial charge on any atom is 0.275 e. The number of amides is 1. The molecule has 8 nitrogen and oxygen atoms in total. The molecule has 0 bridgehead atoms. The molecule has 9 heteroatoms. The van der Waals surface area contributed by atoms with E-state index in [0.29, 0.717) is 24.1 Å². The molecule has 2 unspecified atom stereocenters. The fourth-order valence-electron chi connectivity index (χ4n) is 2.88. The van der Waals surface area contributed by atoms with Gasteiger partial charge in [0.25, 0.3) is 5.91 Å². The summed E-state index contributed by atoms with van der Waals surface area (Å²) >= 11 is 0. The molecule has 0 spiro atoms. The van der Waals surface area contributed by atoms with Gasteiger partial charge >= 0.3 is 0 Å². The van der Waals surface area contributed by atoms with E-state index in [1.807, 2.05) is 0 Å². The second-order valence-corrected chi connectivity index (χ2v) is 6.65. The van der Waals surface area contributed by atoms with Crippen LogP contribution in [0.3, 0.4) is 0 Å². The van der Waals surface area contributed by atoms with E-state index in [0.717, 1.165) is 0 Å². The van der Waals surface area contributed by atoms with Crippen molar-refractivity contribution in [1.29, 1.82) is 5.26 Å². The summed E-state index contributed by atoms with van der Waals surface area (Å²) in [7, 11) is 1.45. The third-order valence-electron chi connectivity index (χ3n) is 4.71. The number of benzene rings is 1. The highest BCUT2D eigenvalue weighted by molar-refractivity contribution is 6.02. The number of carbonyl (C=O) groups excluding carboxylic acids is 1. The number of halogens is 1. The van der Waals surface area contributed by atoms with Crippen molar-refractivity contribution in [2.45, 2.75) is 25.8 Å². The van der Waals surface area contributed by atoms with Crippen LogP contribution in [-0.2, 0) is 0 Å². The number of nitrogens with one attached hydrogen (secondary N) is 1. The van der Waals surface area contributed by atoms with Crippen molar-refractivity contribution in [1.82, 2.24) is 9.97 Å². The molecule has 1 aliphatic rings. The number of nitrogens with zero attached hydrogens (tertiary/aromatic N) is 4. The summed E-state index contributed by atoms with van der Waals surface area (Å²) in [5.41, 5.74) is 5.88. The molecule has 0 saturated heterocycles. The van der Waals surface area contributed by atoms with Gasteiger partial charge < -0.3 is 15.8 Å². The number of nitriles is 1. The molecule has 1 aliphatic heterocycles. The first-order valence-electron chi connectivity index (χ1n) is 8.58. The van der Waals surface area contributed by atoms with Crippen LogP contribution >= 0.6 is 0 Å². The van der Waals surface area contributed by atoms with E-state index in [2.05, 4.69) is 26.3 Å². The highest BCUT2D eigenvalue weighted by Crippen LogP contribution is 2.37. The summed E-state index contributed by atoms with van der Waals surface area (Å²) < 4.78 is 19.3. The number of nitrogens with two attached hydrogens (primary N) is 1. The lowest BCUT2D eigenvalue weighted by molar-refractivity contribution is 0.102. The topological polar surface area (TPSA) is 126 Å². The summed E-state index contributed by atoms with van der Waals surface area (Å²) in [6.07, 6.45) is 3.56. The van der Waals surface area contributed by atoms with E-state index in [4.69, 9.17) is 10.5 Å². The Morgan fingerprint density at radius 3 is 2.82 bits per heavy atom. The quantitative estimate of drug-likeness (QED) is 0.837. The molecule has 2 aromatic rings. The number of hydrogen-bond acceptors (Lipinski definition) is 7. The molecular formula is C19H19FN6O2. The van der Waals surface area contributed by atoms with Gasteiger partial charge in [-0.1, -0.05) is 0 Å². The molecule has 28 heavy (non-hydrogen) atoms. The lowest BCUT2D eigenvalue weighted by atomic mass is 9.80. The zero-order valence-electron chi connectivity index (χ0n) is 15.4. The van der Waals surface area contributed by atoms with Crippen LogP contribution in [0.1, 0.15) is 41.9 Å². The van der Waals surface area contributed by atoms with Crippen molar-refractivity contribution in [3.05, 3.63) is 47.7 Å². The molecule has 3 rings (SSSR count). The van der Waals surface area contributed by atoms with Gasteiger partial charge in [0.2, 0.25) is 5.88 Å². The number of hydrogen-bond donors (Lipinski definition) is 2. The first-order chi connectivity index (χ1) is 13.4. The van der Waals surface area contributed by atoms with Crippen LogP contribution in [-0.4, -0.2) is 28.8 Å². The molecule has 144 valence electrons. The second-order valence-electron chi connectivity index (χ2n) is 6.65. The summed E-state index contributed by atoms with van der Waals surface area (Å²) in [6.45, 7) is 1.71. The standard InChI is InChI=1S/C19H19FN6O2/c1-19(10-21)6-5-14(26-18(19)22)12-7-11(3-4-13(12)20)25-17(27)15-8-24-16(28-2)9-23-15/h3-4,7-9,14H,5-6H2,1-2H3,(H2,22,26)(H,25,27). The number of ether oxygens (including phenoxy) is 1. The molecule has 2 atom stereocenters. The maximum atomic E-state index is 14.4. The third-order valence-corrected chi connectivity index (χ3v) is 4.71. The first kappa shape index (κ1) is 19.2. The van der Waals surface area contributed by atoms with Gasteiger partial charge in [-0.3, -0.25) is 9.79 Å². The minimum absolute atomic E-state index is 0.0939. The largest absolute Gasteiger partial charge is 0.480 e. The summed E-state index contributed by atoms with van der Waals surface area (Å²) in [6, 6.07) is 5.86. The molecule has 2 heterocycles. The van der Waals surface area contributed by atoms with Crippen molar-refractivity contribution < 1.29 is 13.9 Å². The average Bonchev–Trinajstić information content (AvgIpc) is 2.71. The number of amidine groups is 1. The van der Waals surface area contributed by atoms with E-state index in [1.54, 1.807) is 6.92 Å². The Morgan fingerprint density at radius 2 is 2.21 bits per heavy atom. The number of anilines is 1. The monoisotopic (exact) mass is 382 g/mol. The summed E-state index contributed by atoms with van der Waals surface area (Å²) in [5, 5.41) is 11.9. The van der Waals surface area contributed by atoms with E-state index >= 15 is 0 Å². The van der Waals surface area contributed by atoms with Crippen LogP contribution in [0, 0.1) is 22.6 Å². The Hall–Kier alpha value is -3.54. The number of aliphatic imine (C=N–C) groups is 1. The first-order valence-corrected chi connectivity index (χ1v) is 8.58. The minimum Gasteiger partial charge on any atom is -0.480 e. The molecule has 0 radical (unpaired) electrons. The van der Waals surface area contributed by atoms with Crippen molar-refractivity contribution >= 4 is 17.4 Å². The zero-order valence-corrected chi connectivity index (χ0v) is 15.4. The SMILES string of the molecule is COc1cnc(C(=O)Nc2ccc(F)c(C3CCC(C)(C#N)C(N)=N3)c2)cn1. The van der Waals surface area contributed by atoms with Gasteiger partial charge in [-0.25, -0.2) is 14.4 Å². The van der Waals surface area contributed by atoms with Gasteiger partial charge in [0.1, 0.15) is 22.8 Å². The van der Waals surface area contributed by atoms with Crippen LogP contribution < -0.4 is 15.8 Å². The van der Waals surface area contributed by atoms with Crippen LogP contribution in [0.5, 0.6) is 5.88 Å². The number of aromatic nitrogens is 2. The van der Waals surface area contributed by atoms with Gasteiger partial charge in [0, 0.05) is 11.3 Å². The predicted molar refractivity (Wildman–Crippen MR) is 100 cm³/mol. The molecule has 1 aromatic carbocycles. The third kappa shape index (κ3) is 3.76. The Balaban J connectivity index is 1.82. The van der Waals surface area contributed by atoms with Crippen molar-refractivity contribution in [2.75, 3.05) is 12.4 Å². The lowest BCUT2D eigenvalue weighted by Crippen LogP contribution is -2.37. The molecule has 0 aliphatic carbocycles. The van der Waals surface area contributed by atoms with Gasteiger partial charge in [-0.15, -0.1) is 0 Å². The molecule has 0 fully saturated rings. The van der Waals surface area contributed by atoms with Crippen LogP contribution in [0.25, 0.3) is 0 Å². The fourth-order valence-corrected chi connectivity index (χ4v) is 2.88. The molecular weight excluding hydrogens is 363 g/mol. The fraction of sp³-hybridized carbons (Fsp3) is 0.316. The highest BCUT2D eigenvalue weighted by Gasteiger charge is 2.35. The molecule has 1 aromatic heterocycles. The van der Waals surface area contributed by atoms with Gasteiger partial charge in [-0.05, 0) is 38.0 Å². The Kier molecular flexibility index (Phi) is 5.22.